The van der Waals surface area contributed by atoms with Crippen LogP contribution >= 0.6 is 0 Å². The van der Waals surface area contributed by atoms with Crippen LogP contribution in [0.5, 0.6) is 0 Å². The van der Waals surface area contributed by atoms with Crippen molar-refractivity contribution in [3.05, 3.63) is 0 Å². The topological polar surface area (TPSA) is 54.4 Å². The Morgan fingerprint density at radius 1 is 1.33 bits per heavy atom. The van der Waals surface area contributed by atoms with Crippen molar-refractivity contribution in [1.82, 2.24) is 0 Å². The van der Waals surface area contributed by atoms with Gasteiger partial charge in [-0.2, -0.15) is 8.42 Å². The molecule has 0 aromatic carbocycles. The first kappa shape index (κ1) is 8.51. The van der Waals surface area contributed by atoms with Gasteiger partial charge >= 0.3 is 0 Å². The van der Waals surface area contributed by atoms with Gasteiger partial charge in [-0.05, 0) is 43.4 Å². The Morgan fingerprint density at radius 2 is 1.92 bits per heavy atom. The number of hydrogen-bond donors (Lipinski definition) is 1. The molecule has 2 aliphatic rings. The molecule has 2 aliphatic carbocycles. The van der Waals surface area contributed by atoms with E-state index in [1.807, 2.05) is 0 Å². The van der Waals surface area contributed by atoms with Crippen molar-refractivity contribution in [1.29, 1.82) is 0 Å². The minimum absolute atomic E-state index is 0.00347. The van der Waals surface area contributed by atoms with Crippen molar-refractivity contribution in [3.63, 3.8) is 0 Å². The molecule has 2 saturated carbocycles. The number of rotatable bonds is 2. The molecule has 0 unspecified atom stereocenters. The molecule has 0 aliphatic heterocycles. The lowest BCUT2D eigenvalue weighted by atomic mass is 9.87. The predicted octanol–water partition coefficient (Wildman–Crippen LogP) is 1.45. The van der Waals surface area contributed by atoms with E-state index in [1.165, 1.54) is 0 Å². The Bertz CT molecular complexity index is 273. The zero-order valence-electron chi connectivity index (χ0n) is 6.99. The highest BCUT2D eigenvalue weighted by Crippen LogP contribution is 2.54. The molecule has 0 heterocycles. The van der Waals surface area contributed by atoms with Crippen molar-refractivity contribution < 1.29 is 13.0 Å². The van der Waals surface area contributed by atoms with E-state index in [0.29, 0.717) is 0 Å². The molecule has 2 fully saturated rings. The molecule has 0 amide bonds. The van der Waals surface area contributed by atoms with Gasteiger partial charge in [-0.1, -0.05) is 0 Å². The van der Waals surface area contributed by atoms with Gasteiger partial charge in [0.1, 0.15) is 0 Å². The molecule has 0 spiro atoms. The number of hydrogen-bond acceptors (Lipinski definition) is 2. The quantitative estimate of drug-likeness (QED) is 0.670. The second kappa shape index (κ2) is 2.45. The lowest BCUT2D eigenvalue weighted by Crippen LogP contribution is -2.25. The SMILES string of the molecule is O=S(=O)(O)CC12CCC(CC1)C2. The second-order valence-electron chi connectivity index (χ2n) is 4.37. The minimum Gasteiger partial charge on any atom is -0.286 e. The first-order chi connectivity index (χ1) is 5.49. The Labute approximate surface area is 72.9 Å². The standard InChI is InChI=1S/C8H14O3S/c9-12(10,11)6-8-3-1-7(5-8)2-4-8/h7H,1-6H2,(H,9,10,11). The second-order valence-corrected chi connectivity index (χ2v) is 5.83. The van der Waals surface area contributed by atoms with Gasteiger partial charge in [0.15, 0.2) is 0 Å². The van der Waals surface area contributed by atoms with Gasteiger partial charge in [-0.3, -0.25) is 4.55 Å². The van der Waals surface area contributed by atoms with Crippen LogP contribution in [-0.2, 0) is 10.1 Å². The van der Waals surface area contributed by atoms with E-state index in [0.717, 1.165) is 38.0 Å². The fourth-order valence-corrected chi connectivity index (χ4v) is 4.08. The number of fused-ring (bicyclic) bond motifs is 2. The zero-order chi connectivity index (χ0) is 8.82. The van der Waals surface area contributed by atoms with Gasteiger partial charge in [-0.25, -0.2) is 0 Å². The lowest BCUT2D eigenvalue weighted by Gasteiger charge is -2.24. The van der Waals surface area contributed by atoms with Crippen molar-refractivity contribution in [2.75, 3.05) is 5.75 Å². The average molecular weight is 190 g/mol. The Kier molecular flexibility index (Phi) is 1.74. The van der Waals surface area contributed by atoms with Crippen LogP contribution in [0.25, 0.3) is 0 Å². The van der Waals surface area contributed by atoms with Gasteiger partial charge in [0.25, 0.3) is 10.1 Å². The van der Waals surface area contributed by atoms with E-state index in [1.54, 1.807) is 0 Å². The van der Waals surface area contributed by atoms with E-state index >= 15 is 0 Å². The van der Waals surface area contributed by atoms with Gasteiger partial charge in [-0.15, -0.1) is 0 Å². The summed E-state index contributed by atoms with van der Waals surface area (Å²) in [5, 5.41) is 0. The van der Waals surface area contributed by atoms with Gasteiger partial charge in [0.05, 0.1) is 5.75 Å². The van der Waals surface area contributed by atoms with Crippen molar-refractivity contribution in [2.24, 2.45) is 11.3 Å². The smallest absolute Gasteiger partial charge is 0.265 e. The first-order valence-corrected chi connectivity index (χ1v) is 6.05. The molecule has 1 N–H and O–H groups in total. The van der Waals surface area contributed by atoms with Gasteiger partial charge in [0, 0.05) is 0 Å². The lowest BCUT2D eigenvalue weighted by molar-refractivity contribution is 0.324. The molecule has 0 atom stereocenters. The summed E-state index contributed by atoms with van der Waals surface area (Å²) in [6.45, 7) is 0. The summed E-state index contributed by atoms with van der Waals surface area (Å²) in [5.41, 5.74) is -0.0434. The third-order valence-electron chi connectivity index (χ3n) is 3.38. The van der Waals surface area contributed by atoms with Gasteiger partial charge < -0.3 is 0 Å². The highest BCUT2D eigenvalue weighted by Gasteiger charge is 2.46. The fourth-order valence-electron chi connectivity index (χ4n) is 2.90. The van der Waals surface area contributed by atoms with Crippen molar-refractivity contribution in [2.45, 2.75) is 32.1 Å². The Morgan fingerprint density at radius 3 is 2.25 bits per heavy atom. The molecule has 2 rings (SSSR count). The summed E-state index contributed by atoms with van der Waals surface area (Å²) in [6, 6.07) is 0. The van der Waals surface area contributed by atoms with E-state index in [4.69, 9.17) is 4.55 Å². The van der Waals surface area contributed by atoms with Crippen LogP contribution < -0.4 is 0 Å². The molecule has 2 bridgehead atoms. The summed E-state index contributed by atoms with van der Waals surface area (Å²) < 4.78 is 30.2. The molecule has 0 radical (unpaired) electrons. The summed E-state index contributed by atoms with van der Waals surface area (Å²) in [6.07, 6.45) is 5.34. The largest absolute Gasteiger partial charge is 0.286 e. The molecule has 0 aromatic rings. The first-order valence-electron chi connectivity index (χ1n) is 4.44. The average Bonchev–Trinajstić information content (AvgIpc) is 2.40. The van der Waals surface area contributed by atoms with Crippen LogP contribution in [-0.4, -0.2) is 18.7 Å². The summed E-state index contributed by atoms with van der Waals surface area (Å²) in [4.78, 5) is 0. The monoisotopic (exact) mass is 190 g/mol. The van der Waals surface area contributed by atoms with Crippen LogP contribution in [0.1, 0.15) is 32.1 Å². The molecule has 70 valence electrons. The van der Waals surface area contributed by atoms with Crippen LogP contribution in [0, 0.1) is 11.3 Å². The summed E-state index contributed by atoms with van der Waals surface area (Å²) >= 11 is 0. The Hall–Kier alpha value is -0.0900. The third kappa shape index (κ3) is 1.50. The predicted molar refractivity (Wildman–Crippen MR) is 45.4 cm³/mol. The molecular formula is C8H14O3S. The molecule has 0 saturated heterocycles. The molecular weight excluding hydrogens is 176 g/mol. The van der Waals surface area contributed by atoms with E-state index in [9.17, 15) is 8.42 Å². The molecule has 3 nitrogen and oxygen atoms in total. The van der Waals surface area contributed by atoms with Crippen LogP contribution in [0.3, 0.4) is 0 Å². The van der Waals surface area contributed by atoms with E-state index < -0.39 is 10.1 Å². The third-order valence-corrected chi connectivity index (χ3v) is 4.35. The highest BCUT2D eigenvalue weighted by molar-refractivity contribution is 7.85. The fraction of sp³-hybridized carbons (Fsp3) is 1.00. The van der Waals surface area contributed by atoms with Crippen LogP contribution in [0.4, 0.5) is 0 Å². The van der Waals surface area contributed by atoms with Crippen molar-refractivity contribution in [3.8, 4) is 0 Å². The summed E-state index contributed by atoms with van der Waals surface area (Å²) in [7, 11) is -3.75. The normalized spacial score (nSPS) is 40.6. The van der Waals surface area contributed by atoms with Crippen molar-refractivity contribution >= 4 is 10.1 Å². The maximum absolute atomic E-state index is 10.7. The molecule has 4 heteroatoms. The van der Waals surface area contributed by atoms with Gasteiger partial charge in [0.2, 0.25) is 0 Å². The Balaban J connectivity index is 2.13. The maximum atomic E-state index is 10.7. The van der Waals surface area contributed by atoms with Crippen LogP contribution in [0.2, 0.25) is 0 Å². The van der Waals surface area contributed by atoms with Crippen LogP contribution in [0.15, 0.2) is 0 Å². The molecule has 0 aromatic heterocycles. The summed E-state index contributed by atoms with van der Waals surface area (Å²) in [5.74, 6) is 0.739. The minimum atomic E-state index is -3.75. The maximum Gasteiger partial charge on any atom is 0.265 e. The zero-order valence-corrected chi connectivity index (χ0v) is 7.81. The van der Waals surface area contributed by atoms with E-state index in [-0.39, 0.29) is 11.2 Å². The molecule has 12 heavy (non-hydrogen) atoms. The van der Waals surface area contributed by atoms with E-state index in [2.05, 4.69) is 0 Å². The highest BCUT2D eigenvalue weighted by atomic mass is 32.2.